The van der Waals surface area contributed by atoms with E-state index in [0.29, 0.717) is 16.6 Å². The van der Waals surface area contributed by atoms with Gasteiger partial charge in [-0.15, -0.1) is 0 Å². The Morgan fingerprint density at radius 3 is 2.57 bits per heavy atom. The number of amides is 1. The Morgan fingerprint density at radius 1 is 1.29 bits per heavy atom. The van der Waals surface area contributed by atoms with Crippen molar-refractivity contribution in [3.63, 3.8) is 0 Å². The molecule has 21 heavy (non-hydrogen) atoms. The highest BCUT2D eigenvalue weighted by atomic mass is 79.9. The summed E-state index contributed by atoms with van der Waals surface area (Å²) in [5.41, 5.74) is 2.29. The average Bonchev–Trinajstić information content (AvgIpc) is 2.46. The van der Waals surface area contributed by atoms with E-state index in [2.05, 4.69) is 21.2 Å². The second-order valence-corrected chi connectivity index (χ2v) is 5.80. The number of halogens is 2. The molecule has 110 valence electrons. The van der Waals surface area contributed by atoms with E-state index in [4.69, 9.17) is 0 Å². The fourth-order valence-corrected chi connectivity index (χ4v) is 2.72. The summed E-state index contributed by atoms with van der Waals surface area (Å²) in [4.78, 5) is 12.4. The Balaban J connectivity index is 2.23. The molecular weight excluding hydrogens is 333 g/mol. The molecule has 0 radical (unpaired) electrons. The number of anilines is 1. The van der Waals surface area contributed by atoms with Crippen molar-refractivity contribution in [2.24, 2.45) is 0 Å². The number of hydrogen-bond acceptors (Lipinski definition) is 1. The number of carbonyl (C=O) groups excluding carboxylic acids is 1. The third-order valence-electron chi connectivity index (χ3n) is 3.45. The van der Waals surface area contributed by atoms with E-state index in [-0.39, 0.29) is 17.6 Å². The topological polar surface area (TPSA) is 29.1 Å². The first-order valence-corrected chi connectivity index (χ1v) is 7.63. The summed E-state index contributed by atoms with van der Waals surface area (Å²) >= 11 is 3.14. The second-order valence-electron chi connectivity index (χ2n) is 4.94. The minimum absolute atomic E-state index is 0.117. The van der Waals surface area contributed by atoms with Crippen LogP contribution < -0.4 is 5.32 Å². The zero-order chi connectivity index (χ0) is 15.4. The third-order valence-corrected chi connectivity index (χ3v) is 4.06. The van der Waals surface area contributed by atoms with Gasteiger partial charge in [-0.1, -0.05) is 37.3 Å². The van der Waals surface area contributed by atoms with Crippen LogP contribution in [0.15, 0.2) is 46.9 Å². The highest BCUT2D eigenvalue weighted by Crippen LogP contribution is 2.26. The fourth-order valence-electron chi connectivity index (χ4n) is 2.26. The van der Waals surface area contributed by atoms with Crippen LogP contribution in [0.4, 0.5) is 10.1 Å². The molecule has 0 aromatic heterocycles. The third kappa shape index (κ3) is 3.70. The van der Waals surface area contributed by atoms with Crippen molar-refractivity contribution in [2.45, 2.75) is 26.2 Å². The molecule has 0 spiro atoms. The number of hydrogen-bond donors (Lipinski definition) is 1. The van der Waals surface area contributed by atoms with E-state index in [1.165, 1.54) is 6.07 Å². The molecular formula is C17H17BrFNO. The maximum atomic E-state index is 13.6. The molecule has 0 bridgehead atoms. The summed E-state index contributed by atoms with van der Waals surface area (Å²) in [5.74, 6) is -0.741. The Hall–Kier alpha value is -1.68. The molecule has 0 saturated heterocycles. The van der Waals surface area contributed by atoms with E-state index < -0.39 is 0 Å². The summed E-state index contributed by atoms with van der Waals surface area (Å²) in [6.45, 7) is 3.80. The fraction of sp³-hybridized carbons (Fsp3) is 0.235. The predicted molar refractivity (Wildman–Crippen MR) is 86.9 cm³/mol. The summed E-state index contributed by atoms with van der Waals surface area (Å²) in [7, 11) is 0. The molecule has 1 amide bonds. The molecule has 0 aliphatic rings. The number of rotatable bonds is 4. The van der Waals surface area contributed by atoms with E-state index in [9.17, 15) is 9.18 Å². The molecule has 1 atom stereocenters. The molecule has 1 unspecified atom stereocenters. The molecule has 0 aliphatic heterocycles. The largest absolute Gasteiger partial charge is 0.325 e. The van der Waals surface area contributed by atoms with Crippen molar-refractivity contribution in [1.29, 1.82) is 0 Å². The lowest BCUT2D eigenvalue weighted by molar-refractivity contribution is -0.117. The highest BCUT2D eigenvalue weighted by molar-refractivity contribution is 9.10. The van der Waals surface area contributed by atoms with Crippen molar-refractivity contribution >= 4 is 27.5 Å². The quantitative estimate of drug-likeness (QED) is 0.823. The highest BCUT2D eigenvalue weighted by Gasteiger charge is 2.19. The minimum atomic E-state index is -0.386. The van der Waals surface area contributed by atoms with Gasteiger partial charge in [0.25, 0.3) is 0 Å². The zero-order valence-corrected chi connectivity index (χ0v) is 13.6. The van der Waals surface area contributed by atoms with Gasteiger partial charge in [0.05, 0.1) is 10.4 Å². The molecule has 0 aliphatic carbocycles. The summed E-state index contributed by atoms with van der Waals surface area (Å²) in [6.07, 6.45) is 0.688. The number of aryl methyl sites for hydroxylation is 1. The van der Waals surface area contributed by atoms with Crippen LogP contribution in [0.3, 0.4) is 0 Å². The van der Waals surface area contributed by atoms with Crippen molar-refractivity contribution in [3.8, 4) is 0 Å². The first-order valence-electron chi connectivity index (χ1n) is 6.84. The summed E-state index contributed by atoms with van der Waals surface area (Å²) in [6, 6.07) is 12.6. The van der Waals surface area contributed by atoms with Gasteiger partial charge in [0.15, 0.2) is 0 Å². The maximum absolute atomic E-state index is 13.6. The molecule has 0 fully saturated rings. The number of nitrogens with one attached hydrogen (secondary N) is 1. The van der Waals surface area contributed by atoms with Crippen LogP contribution in [0.5, 0.6) is 0 Å². The van der Waals surface area contributed by atoms with Crippen molar-refractivity contribution < 1.29 is 9.18 Å². The zero-order valence-electron chi connectivity index (χ0n) is 12.0. The molecule has 1 N–H and O–H groups in total. The standard InChI is InChI=1S/C17H17BrFNO/c1-3-13(12-7-5-4-6-8-12)17(21)20-16-10-15(19)14(18)9-11(16)2/h4-10,13H,3H2,1-2H3,(H,20,21). The van der Waals surface area contributed by atoms with Gasteiger partial charge in [-0.25, -0.2) is 4.39 Å². The normalized spacial score (nSPS) is 12.0. The van der Waals surface area contributed by atoms with Crippen LogP contribution in [-0.4, -0.2) is 5.91 Å². The molecule has 2 rings (SSSR count). The van der Waals surface area contributed by atoms with Gasteiger partial charge >= 0.3 is 0 Å². The Kier molecular flexibility index (Phi) is 5.12. The minimum Gasteiger partial charge on any atom is -0.325 e. The van der Waals surface area contributed by atoms with Crippen molar-refractivity contribution in [3.05, 3.63) is 63.9 Å². The monoisotopic (exact) mass is 349 g/mol. The van der Waals surface area contributed by atoms with Gasteiger partial charge in [-0.05, 0) is 52.5 Å². The SMILES string of the molecule is CCC(C(=O)Nc1cc(F)c(Br)cc1C)c1ccccc1. The van der Waals surface area contributed by atoms with Gasteiger partial charge in [0.1, 0.15) is 5.82 Å². The lowest BCUT2D eigenvalue weighted by atomic mass is 9.95. The van der Waals surface area contributed by atoms with Crippen LogP contribution in [-0.2, 0) is 4.79 Å². The first kappa shape index (κ1) is 15.7. The molecule has 2 aromatic carbocycles. The van der Waals surface area contributed by atoms with E-state index in [1.54, 1.807) is 6.07 Å². The van der Waals surface area contributed by atoms with Gasteiger partial charge in [-0.3, -0.25) is 4.79 Å². The smallest absolute Gasteiger partial charge is 0.231 e. The van der Waals surface area contributed by atoms with Crippen LogP contribution >= 0.6 is 15.9 Å². The summed E-state index contributed by atoms with van der Waals surface area (Å²) in [5, 5.41) is 2.83. The van der Waals surface area contributed by atoms with E-state index in [0.717, 1.165) is 11.1 Å². The van der Waals surface area contributed by atoms with Crippen LogP contribution in [0.25, 0.3) is 0 Å². The van der Waals surface area contributed by atoms with Crippen LogP contribution in [0.1, 0.15) is 30.4 Å². The van der Waals surface area contributed by atoms with Gasteiger partial charge < -0.3 is 5.32 Å². The van der Waals surface area contributed by atoms with Crippen molar-refractivity contribution in [1.82, 2.24) is 0 Å². The van der Waals surface area contributed by atoms with Gasteiger partial charge in [-0.2, -0.15) is 0 Å². The average molecular weight is 350 g/mol. The molecule has 2 aromatic rings. The van der Waals surface area contributed by atoms with Gasteiger partial charge in [0, 0.05) is 5.69 Å². The Bertz CT molecular complexity index is 643. The van der Waals surface area contributed by atoms with Crippen molar-refractivity contribution in [2.75, 3.05) is 5.32 Å². The second kappa shape index (κ2) is 6.85. The molecule has 0 heterocycles. The maximum Gasteiger partial charge on any atom is 0.231 e. The van der Waals surface area contributed by atoms with Crippen LogP contribution in [0, 0.1) is 12.7 Å². The van der Waals surface area contributed by atoms with E-state index in [1.807, 2.05) is 44.2 Å². The molecule has 4 heteroatoms. The lowest BCUT2D eigenvalue weighted by Gasteiger charge is -2.17. The van der Waals surface area contributed by atoms with E-state index >= 15 is 0 Å². The Morgan fingerprint density at radius 2 is 1.95 bits per heavy atom. The number of carbonyl (C=O) groups is 1. The Labute approximate surface area is 132 Å². The van der Waals surface area contributed by atoms with Crippen LogP contribution in [0.2, 0.25) is 0 Å². The van der Waals surface area contributed by atoms with Gasteiger partial charge in [0.2, 0.25) is 5.91 Å². The summed E-state index contributed by atoms with van der Waals surface area (Å²) < 4.78 is 14.0. The number of benzene rings is 2. The molecule has 2 nitrogen and oxygen atoms in total. The predicted octanol–water partition coefficient (Wildman–Crippen LogP) is 5.03. The first-order chi connectivity index (χ1) is 10.0. The lowest BCUT2D eigenvalue weighted by Crippen LogP contribution is -2.21. The molecule has 0 saturated carbocycles.